The molecule has 1 heterocycles. The van der Waals surface area contributed by atoms with E-state index in [4.69, 9.17) is 0 Å². The molecule has 0 spiro atoms. The van der Waals surface area contributed by atoms with Crippen molar-refractivity contribution in [1.82, 2.24) is 0 Å². The van der Waals surface area contributed by atoms with E-state index in [2.05, 4.69) is 16.3 Å². The first-order chi connectivity index (χ1) is 2.50. The Morgan fingerprint density at radius 3 is 2.00 bits per heavy atom. The molecule has 0 aromatic carbocycles. The fraction of sp³-hybridized carbons (Fsp3) is 0.667. The Kier molecular flexibility index (Phi) is 0.862. The molecule has 2 heteroatoms. The zero-order valence-electron chi connectivity index (χ0n) is 2.73. The minimum absolute atomic E-state index is 0.667. The summed E-state index contributed by atoms with van der Waals surface area (Å²) in [6, 6.07) is 0. The molecule has 2 radical (unpaired) electrons. The molecule has 1 aliphatic rings. The maximum atomic E-state index is 4.47. The second-order valence-electron chi connectivity index (χ2n) is 0.780. The standard InChI is InChI=1S/C3H4O2/c1-2-5-3-4-1/h1-2H2. The topological polar surface area (TPSA) is 18.5 Å². The van der Waals surface area contributed by atoms with E-state index in [9.17, 15) is 0 Å². The predicted molar refractivity (Wildman–Crippen MR) is 15.1 cm³/mol. The van der Waals surface area contributed by atoms with Gasteiger partial charge in [-0.15, -0.1) is 0 Å². The number of hydrogen-bond donors (Lipinski definition) is 0. The number of ether oxygens (including phenoxy) is 2. The van der Waals surface area contributed by atoms with Crippen LogP contribution in [0.4, 0.5) is 0 Å². The van der Waals surface area contributed by atoms with Gasteiger partial charge in [0.25, 0.3) is 6.79 Å². The Hall–Kier alpha value is -0.0800. The minimum Gasteiger partial charge on any atom is -0.338 e. The molecule has 5 heavy (non-hydrogen) atoms. The third-order valence-corrected chi connectivity index (χ3v) is 0.405. The highest BCUT2D eigenvalue weighted by Crippen LogP contribution is 1.92. The Labute approximate surface area is 30.7 Å². The van der Waals surface area contributed by atoms with Crippen LogP contribution in [0.3, 0.4) is 0 Å². The summed E-state index contributed by atoms with van der Waals surface area (Å²) in [5.74, 6) is 0. The zero-order chi connectivity index (χ0) is 3.54. The molecule has 1 saturated heterocycles. The minimum atomic E-state index is 0.667. The number of rotatable bonds is 0. The molecule has 1 aliphatic heterocycles. The van der Waals surface area contributed by atoms with Crippen LogP contribution in [-0.4, -0.2) is 13.2 Å². The van der Waals surface area contributed by atoms with Crippen LogP contribution in [0.15, 0.2) is 0 Å². The van der Waals surface area contributed by atoms with Gasteiger partial charge in [0.1, 0.15) is 0 Å². The van der Waals surface area contributed by atoms with Crippen molar-refractivity contribution in [2.75, 3.05) is 13.2 Å². The first kappa shape index (κ1) is 3.12. The van der Waals surface area contributed by atoms with Gasteiger partial charge >= 0.3 is 0 Å². The Balaban J connectivity index is 2.08. The summed E-state index contributed by atoms with van der Waals surface area (Å²) in [5.41, 5.74) is 0. The lowest BCUT2D eigenvalue weighted by Crippen LogP contribution is -1.79. The van der Waals surface area contributed by atoms with E-state index in [-0.39, 0.29) is 0 Å². The largest absolute Gasteiger partial charge is 0.338 e. The van der Waals surface area contributed by atoms with E-state index >= 15 is 0 Å². The van der Waals surface area contributed by atoms with Gasteiger partial charge in [-0.2, -0.15) is 0 Å². The third-order valence-electron chi connectivity index (χ3n) is 0.405. The SMILES string of the molecule is [C]1OCCO1. The lowest BCUT2D eigenvalue weighted by atomic mass is 10.8. The van der Waals surface area contributed by atoms with Gasteiger partial charge in [0.15, 0.2) is 0 Å². The highest BCUT2D eigenvalue weighted by molar-refractivity contribution is 4.39. The van der Waals surface area contributed by atoms with Crippen LogP contribution in [0.1, 0.15) is 0 Å². The van der Waals surface area contributed by atoms with Crippen molar-refractivity contribution in [2.24, 2.45) is 0 Å². The third kappa shape index (κ3) is 0.597. The van der Waals surface area contributed by atoms with Crippen LogP contribution < -0.4 is 0 Å². The average molecular weight is 72.1 g/mol. The van der Waals surface area contributed by atoms with Crippen molar-refractivity contribution in [1.29, 1.82) is 0 Å². The van der Waals surface area contributed by atoms with Gasteiger partial charge < -0.3 is 9.47 Å². The molecule has 1 fully saturated rings. The molecule has 0 unspecified atom stereocenters. The molecule has 1 rings (SSSR count). The Morgan fingerprint density at radius 1 is 1.20 bits per heavy atom. The van der Waals surface area contributed by atoms with Gasteiger partial charge in [-0.25, -0.2) is 0 Å². The highest BCUT2D eigenvalue weighted by atomic mass is 16.7. The van der Waals surface area contributed by atoms with Gasteiger partial charge in [0.05, 0.1) is 13.2 Å². The summed E-state index contributed by atoms with van der Waals surface area (Å²) in [6.45, 7) is 3.56. The van der Waals surface area contributed by atoms with E-state index < -0.39 is 0 Å². The van der Waals surface area contributed by atoms with Gasteiger partial charge in [0, 0.05) is 0 Å². The summed E-state index contributed by atoms with van der Waals surface area (Å²) >= 11 is 0. The second kappa shape index (κ2) is 1.38. The first-order valence-corrected chi connectivity index (χ1v) is 1.49. The van der Waals surface area contributed by atoms with E-state index in [0.717, 1.165) is 0 Å². The fourth-order valence-corrected chi connectivity index (χ4v) is 0.208. The van der Waals surface area contributed by atoms with Crippen molar-refractivity contribution in [2.45, 2.75) is 0 Å². The lowest BCUT2D eigenvalue weighted by Gasteiger charge is -1.70. The molecular formula is C3H4O2. The van der Waals surface area contributed by atoms with Crippen molar-refractivity contribution in [3.63, 3.8) is 0 Å². The summed E-state index contributed by atoms with van der Waals surface area (Å²) in [4.78, 5) is 0. The van der Waals surface area contributed by atoms with Crippen molar-refractivity contribution >= 4 is 0 Å². The Bertz CT molecular complexity index is 16.5. The van der Waals surface area contributed by atoms with Crippen LogP contribution in [0, 0.1) is 6.79 Å². The van der Waals surface area contributed by atoms with E-state index in [0.29, 0.717) is 13.2 Å². The van der Waals surface area contributed by atoms with Gasteiger partial charge in [-0.3, -0.25) is 0 Å². The lowest BCUT2D eigenvalue weighted by molar-refractivity contribution is 0.159. The maximum Gasteiger partial charge on any atom is 0.292 e. The molecule has 0 aromatic rings. The second-order valence-corrected chi connectivity index (χ2v) is 0.780. The molecule has 0 saturated carbocycles. The molecule has 0 aromatic heterocycles. The normalized spacial score (nSPS) is 24.0. The molecule has 0 N–H and O–H groups in total. The van der Waals surface area contributed by atoms with Crippen LogP contribution in [0.2, 0.25) is 0 Å². The van der Waals surface area contributed by atoms with Crippen LogP contribution in [-0.2, 0) is 9.47 Å². The monoisotopic (exact) mass is 72.0 g/mol. The molecule has 0 aliphatic carbocycles. The van der Waals surface area contributed by atoms with E-state index in [1.165, 1.54) is 0 Å². The maximum absolute atomic E-state index is 4.47. The van der Waals surface area contributed by atoms with Crippen LogP contribution >= 0.6 is 0 Å². The summed E-state index contributed by atoms with van der Waals surface area (Å²) in [7, 11) is 0. The van der Waals surface area contributed by atoms with Crippen LogP contribution in [0.5, 0.6) is 0 Å². The molecular weight excluding hydrogens is 68.0 g/mol. The quantitative estimate of drug-likeness (QED) is 0.402. The highest BCUT2D eigenvalue weighted by Gasteiger charge is 1.97. The smallest absolute Gasteiger partial charge is 0.292 e. The predicted octanol–water partition coefficient (Wildman–Crippen LogP) is 0.0295. The van der Waals surface area contributed by atoms with E-state index in [1.54, 1.807) is 0 Å². The van der Waals surface area contributed by atoms with Gasteiger partial charge in [0.2, 0.25) is 0 Å². The van der Waals surface area contributed by atoms with Crippen molar-refractivity contribution < 1.29 is 9.47 Å². The van der Waals surface area contributed by atoms with Gasteiger partial charge in [-0.05, 0) is 0 Å². The number of hydrogen-bond acceptors (Lipinski definition) is 2. The molecule has 0 amide bonds. The summed E-state index contributed by atoms with van der Waals surface area (Å²) in [5, 5.41) is 0. The van der Waals surface area contributed by atoms with Crippen molar-refractivity contribution in [3.05, 3.63) is 6.79 Å². The Morgan fingerprint density at radius 2 is 1.80 bits per heavy atom. The van der Waals surface area contributed by atoms with Crippen LogP contribution in [0.25, 0.3) is 0 Å². The average Bonchev–Trinajstić information content (AvgIpc) is 1.76. The first-order valence-electron chi connectivity index (χ1n) is 1.49. The summed E-state index contributed by atoms with van der Waals surface area (Å²) < 4.78 is 8.94. The van der Waals surface area contributed by atoms with E-state index in [1.807, 2.05) is 0 Å². The van der Waals surface area contributed by atoms with Gasteiger partial charge in [-0.1, -0.05) is 0 Å². The molecule has 28 valence electrons. The summed E-state index contributed by atoms with van der Waals surface area (Å²) in [6.07, 6.45) is 0. The fourth-order valence-electron chi connectivity index (χ4n) is 0.208. The zero-order valence-corrected chi connectivity index (χ0v) is 2.73. The molecule has 0 bridgehead atoms. The molecule has 2 nitrogen and oxygen atoms in total. The molecule has 0 atom stereocenters. The van der Waals surface area contributed by atoms with Crippen molar-refractivity contribution in [3.8, 4) is 0 Å².